The number of carbonyl (C=O) groups excluding carboxylic acids is 2. The van der Waals surface area contributed by atoms with Gasteiger partial charge in [0.05, 0.1) is 26.3 Å². The molecule has 2 aromatic rings. The summed E-state index contributed by atoms with van der Waals surface area (Å²) in [7, 11) is 3.23. The average Bonchev–Trinajstić information content (AvgIpc) is 3.23. The summed E-state index contributed by atoms with van der Waals surface area (Å²) in [4.78, 5) is 29.6. The molecule has 1 fully saturated rings. The fourth-order valence-electron chi connectivity index (χ4n) is 5.63. The summed E-state index contributed by atoms with van der Waals surface area (Å²) in [5, 5.41) is 4.12. The minimum atomic E-state index is -1.05. The van der Waals surface area contributed by atoms with Crippen LogP contribution in [0.3, 0.4) is 0 Å². The largest absolute Gasteiger partial charge is 0.496 e. The Labute approximate surface area is 207 Å². The third-order valence-corrected chi connectivity index (χ3v) is 7.74. The summed E-state index contributed by atoms with van der Waals surface area (Å²) in [5.41, 5.74) is 0.262. The second-order valence-electron chi connectivity index (χ2n) is 9.97. The van der Waals surface area contributed by atoms with E-state index in [0.717, 1.165) is 30.2 Å². The van der Waals surface area contributed by atoms with Gasteiger partial charge in [-0.05, 0) is 57.2 Å². The number of hydrogen-bond donors (Lipinski definition) is 1. The van der Waals surface area contributed by atoms with Crippen molar-refractivity contribution in [1.82, 2.24) is 14.8 Å². The Morgan fingerprint density at radius 2 is 1.89 bits per heavy atom. The molecule has 2 heterocycles. The maximum Gasteiger partial charge on any atom is 0.271 e. The molecule has 1 aromatic heterocycles. The van der Waals surface area contributed by atoms with Gasteiger partial charge in [-0.25, -0.2) is 0 Å². The first-order valence-corrected chi connectivity index (χ1v) is 12.8. The van der Waals surface area contributed by atoms with Gasteiger partial charge in [0.25, 0.3) is 5.91 Å². The van der Waals surface area contributed by atoms with E-state index in [2.05, 4.69) is 12.2 Å². The molecule has 3 atom stereocenters. The summed E-state index contributed by atoms with van der Waals surface area (Å²) < 4.78 is 18.7. The fourth-order valence-corrected chi connectivity index (χ4v) is 5.63. The summed E-state index contributed by atoms with van der Waals surface area (Å²) >= 11 is 0. The van der Waals surface area contributed by atoms with Crippen LogP contribution in [-0.2, 0) is 16.1 Å². The van der Waals surface area contributed by atoms with Gasteiger partial charge >= 0.3 is 0 Å². The smallest absolute Gasteiger partial charge is 0.271 e. The maximum atomic E-state index is 13.9. The Bertz CT molecular complexity index is 1080. The van der Waals surface area contributed by atoms with Crippen LogP contribution in [-0.4, -0.2) is 66.8 Å². The van der Waals surface area contributed by atoms with Gasteiger partial charge in [0.15, 0.2) is 0 Å². The molecule has 1 N–H and O–H groups in total. The van der Waals surface area contributed by atoms with Gasteiger partial charge < -0.3 is 29.0 Å². The van der Waals surface area contributed by atoms with Crippen LogP contribution >= 0.6 is 0 Å². The number of hydrogen-bond acceptors (Lipinski definition) is 5. The van der Waals surface area contributed by atoms with Crippen molar-refractivity contribution in [2.75, 3.05) is 34.0 Å². The number of aromatic nitrogens is 1. The highest BCUT2D eigenvalue weighted by Crippen LogP contribution is 2.40. The minimum absolute atomic E-state index is 0.102. The van der Waals surface area contributed by atoms with Crippen LogP contribution < -0.4 is 14.8 Å². The predicted octanol–water partition coefficient (Wildman–Crippen LogP) is 3.99. The lowest BCUT2D eigenvalue weighted by molar-refractivity contribution is -0.134. The Balaban J connectivity index is 1.76. The molecule has 0 spiro atoms. The molecule has 1 aliphatic heterocycles. The lowest BCUT2D eigenvalue weighted by atomic mass is 9.85. The van der Waals surface area contributed by atoms with E-state index in [0.29, 0.717) is 55.8 Å². The topological polar surface area (TPSA) is 82.0 Å². The monoisotopic (exact) mass is 485 g/mol. The van der Waals surface area contributed by atoms with E-state index in [1.165, 1.54) is 6.42 Å². The predicted molar refractivity (Wildman–Crippen MR) is 135 cm³/mol. The molecule has 8 nitrogen and oxygen atoms in total. The zero-order chi connectivity index (χ0) is 25.2. The number of ether oxygens (including phenoxy) is 3. The molecule has 4 rings (SSSR count). The van der Waals surface area contributed by atoms with E-state index in [4.69, 9.17) is 14.2 Å². The molecule has 0 radical (unpaired) electrons. The standard InChI is InChI=1S/C27H39N3O5/c1-6-35-15-9-14-30-25(31)21-16-19-22(33-4)12-13-23(34-5)24(19)29(21)17-27(30,3)26(32)28-20-11-8-7-10-18(20)2/h12-13,16,18,20H,6-11,14-15,17H2,1-5H3,(H,28,32)/t18-,20+,27-/m1/s1. The first kappa shape index (κ1) is 25.4. The third kappa shape index (κ3) is 4.60. The Kier molecular flexibility index (Phi) is 7.59. The molecule has 2 aliphatic rings. The second-order valence-corrected chi connectivity index (χ2v) is 9.97. The van der Waals surface area contributed by atoms with Crippen LogP contribution in [0.2, 0.25) is 0 Å². The van der Waals surface area contributed by atoms with Crippen molar-refractivity contribution in [3.8, 4) is 11.5 Å². The third-order valence-electron chi connectivity index (χ3n) is 7.74. The molecule has 0 bridgehead atoms. The van der Waals surface area contributed by atoms with Crippen LogP contribution in [0.1, 0.15) is 63.4 Å². The molecule has 8 heteroatoms. The van der Waals surface area contributed by atoms with Crippen LogP contribution in [0, 0.1) is 5.92 Å². The number of carbonyl (C=O) groups is 2. The summed E-state index contributed by atoms with van der Waals surface area (Å²) in [6.07, 6.45) is 5.07. The Hall–Kier alpha value is -2.74. The second kappa shape index (κ2) is 10.5. The van der Waals surface area contributed by atoms with Crippen molar-refractivity contribution in [2.24, 2.45) is 5.92 Å². The lowest BCUT2D eigenvalue weighted by Gasteiger charge is -2.45. The molecule has 192 valence electrons. The van der Waals surface area contributed by atoms with E-state index in [1.54, 1.807) is 19.1 Å². The van der Waals surface area contributed by atoms with E-state index < -0.39 is 5.54 Å². The van der Waals surface area contributed by atoms with Crippen LogP contribution in [0.5, 0.6) is 11.5 Å². The normalized spacial score (nSPS) is 24.4. The Morgan fingerprint density at radius 1 is 1.17 bits per heavy atom. The van der Waals surface area contributed by atoms with E-state index in [9.17, 15) is 9.59 Å². The van der Waals surface area contributed by atoms with Crippen molar-refractivity contribution >= 4 is 22.7 Å². The number of methoxy groups -OCH3 is 2. The van der Waals surface area contributed by atoms with Gasteiger partial charge in [-0.2, -0.15) is 0 Å². The van der Waals surface area contributed by atoms with Crippen molar-refractivity contribution in [1.29, 1.82) is 0 Å². The van der Waals surface area contributed by atoms with Gasteiger partial charge in [-0.15, -0.1) is 0 Å². The van der Waals surface area contributed by atoms with Crippen molar-refractivity contribution in [3.63, 3.8) is 0 Å². The van der Waals surface area contributed by atoms with E-state index in [1.807, 2.05) is 36.6 Å². The quantitative estimate of drug-likeness (QED) is 0.543. The van der Waals surface area contributed by atoms with Gasteiger partial charge in [0.2, 0.25) is 5.91 Å². The van der Waals surface area contributed by atoms with Gasteiger partial charge in [0, 0.05) is 31.2 Å². The van der Waals surface area contributed by atoms with Crippen molar-refractivity contribution in [2.45, 2.75) is 71.0 Å². The van der Waals surface area contributed by atoms with Gasteiger partial charge in [-0.3, -0.25) is 9.59 Å². The summed E-state index contributed by atoms with van der Waals surface area (Å²) in [6.45, 7) is 7.99. The van der Waals surface area contributed by atoms with Crippen molar-refractivity contribution in [3.05, 3.63) is 23.9 Å². The van der Waals surface area contributed by atoms with Gasteiger partial charge in [-0.1, -0.05) is 19.8 Å². The maximum absolute atomic E-state index is 13.9. The zero-order valence-electron chi connectivity index (χ0n) is 21.7. The SMILES string of the molecule is CCOCCCN1C(=O)c2cc3c(OC)ccc(OC)c3n2C[C@]1(C)C(=O)N[C@H]1CCCC[C@H]1C. The molecule has 0 unspecified atom stereocenters. The minimum Gasteiger partial charge on any atom is -0.496 e. The summed E-state index contributed by atoms with van der Waals surface area (Å²) in [5.74, 6) is 1.47. The molecular weight excluding hydrogens is 446 g/mol. The zero-order valence-corrected chi connectivity index (χ0v) is 21.7. The Morgan fingerprint density at radius 3 is 2.57 bits per heavy atom. The molecule has 1 aliphatic carbocycles. The number of fused-ring (bicyclic) bond motifs is 3. The molecule has 0 saturated heterocycles. The molecule has 1 saturated carbocycles. The highest BCUT2D eigenvalue weighted by atomic mass is 16.5. The molecule has 2 amide bonds. The summed E-state index contributed by atoms with van der Waals surface area (Å²) in [6, 6.07) is 5.67. The molecule has 35 heavy (non-hydrogen) atoms. The van der Waals surface area contributed by atoms with E-state index in [-0.39, 0.29) is 17.9 Å². The van der Waals surface area contributed by atoms with Crippen LogP contribution in [0.15, 0.2) is 18.2 Å². The highest BCUT2D eigenvalue weighted by molar-refractivity contribution is 6.05. The number of benzene rings is 1. The fraction of sp³-hybridized carbons (Fsp3) is 0.630. The molecular formula is C27H39N3O5. The van der Waals surface area contributed by atoms with E-state index >= 15 is 0 Å². The highest BCUT2D eigenvalue weighted by Gasteiger charge is 2.48. The number of rotatable bonds is 9. The first-order valence-electron chi connectivity index (χ1n) is 12.8. The number of amides is 2. The number of nitrogens with zero attached hydrogens (tertiary/aromatic N) is 2. The van der Waals surface area contributed by atoms with Crippen LogP contribution in [0.4, 0.5) is 0 Å². The molecule has 1 aromatic carbocycles. The van der Waals surface area contributed by atoms with Crippen molar-refractivity contribution < 1.29 is 23.8 Å². The lowest BCUT2D eigenvalue weighted by Crippen LogP contribution is -2.65. The van der Waals surface area contributed by atoms with Crippen LogP contribution in [0.25, 0.3) is 10.9 Å². The number of nitrogens with one attached hydrogen (secondary N) is 1. The first-order chi connectivity index (χ1) is 16.8. The van der Waals surface area contributed by atoms with Gasteiger partial charge in [0.1, 0.15) is 22.7 Å². The average molecular weight is 486 g/mol.